The molecule has 120 valence electrons. The number of thioether (sulfide) groups is 1. The Labute approximate surface area is 140 Å². The molecule has 0 amide bonds. The van der Waals surface area contributed by atoms with E-state index in [-0.39, 0.29) is 17.3 Å². The second-order valence-corrected chi connectivity index (χ2v) is 6.80. The lowest BCUT2D eigenvalue weighted by Crippen LogP contribution is -2.43. The first-order chi connectivity index (χ1) is 11.1. The van der Waals surface area contributed by atoms with E-state index < -0.39 is 0 Å². The molecule has 6 heteroatoms. The summed E-state index contributed by atoms with van der Waals surface area (Å²) in [5.74, 6) is 0.111. The highest BCUT2D eigenvalue weighted by Crippen LogP contribution is 2.43. The van der Waals surface area contributed by atoms with Crippen molar-refractivity contribution in [3.05, 3.63) is 59.7 Å². The van der Waals surface area contributed by atoms with Crippen molar-refractivity contribution in [2.75, 3.05) is 11.9 Å². The van der Waals surface area contributed by atoms with Crippen molar-refractivity contribution in [2.24, 2.45) is 16.6 Å². The van der Waals surface area contributed by atoms with Crippen LogP contribution in [0.1, 0.15) is 11.1 Å². The zero-order valence-corrected chi connectivity index (χ0v) is 13.7. The van der Waals surface area contributed by atoms with Crippen molar-refractivity contribution in [2.45, 2.75) is 22.7 Å². The average Bonchev–Trinajstić information content (AvgIpc) is 2.92. The van der Waals surface area contributed by atoms with Crippen LogP contribution in [-0.2, 0) is 6.42 Å². The summed E-state index contributed by atoms with van der Waals surface area (Å²) >= 11 is 1.80. The lowest BCUT2D eigenvalue weighted by atomic mass is 10.0. The minimum atomic E-state index is -0.0278. The quantitative estimate of drug-likeness (QED) is 0.347. The van der Waals surface area contributed by atoms with Gasteiger partial charge >= 0.3 is 0 Å². The molecule has 1 aliphatic rings. The first-order valence-electron chi connectivity index (χ1n) is 7.41. The second kappa shape index (κ2) is 6.52. The fourth-order valence-corrected chi connectivity index (χ4v) is 4.15. The highest BCUT2D eigenvalue weighted by atomic mass is 32.2. The predicted molar refractivity (Wildman–Crippen MR) is 95.1 cm³/mol. The van der Waals surface area contributed by atoms with Crippen molar-refractivity contribution >= 4 is 23.3 Å². The van der Waals surface area contributed by atoms with E-state index in [1.165, 1.54) is 10.6 Å². The zero-order chi connectivity index (χ0) is 16.4. The van der Waals surface area contributed by atoms with Gasteiger partial charge in [0.05, 0.1) is 11.1 Å². The standard InChI is InChI=1S/C17H20N4OS/c1-21-14-7-2-3-8-15(14)23-17(21)13(18)10-11-5-4-6-12(9-11)16(19)20-22/h2-9,13,17,22H,10,18H2,1H3,(H2,19,20). The highest BCUT2D eigenvalue weighted by Gasteiger charge is 2.31. The van der Waals surface area contributed by atoms with Gasteiger partial charge in [-0.3, -0.25) is 0 Å². The monoisotopic (exact) mass is 328 g/mol. The third-order valence-electron chi connectivity index (χ3n) is 4.04. The number of rotatable bonds is 4. The van der Waals surface area contributed by atoms with Crippen LogP contribution in [0.5, 0.6) is 0 Å². The third kappa shape index (κ3) is 3.13. The van der Waals surface area contributed by atoms with E-state index in [1.807, 2.05) is 36.4 Å². The summed E-state index contributed by atoms with van der Waals surface area (Å²) in [7, 11) is 2.08. The van der Waals surface area contributed by atoms with E-state index in [0.717, 1.165) is 12.0 Å². The first-order valence-corrected chi connectivity index (χ1v) is 8.29. The number of benzene rings is 2. The van der Waals surface area contributed by atoms with Crippen LogP contribution in [0.25, 0.3) is 0 Å². The van der Waals surface area contributed by atoms with Crippen LogP contribution in [-0.4, -0.2) is 29.5 Å². The van der Waals surface area contributed by atoms with Crippen LogP contribution in [0.2, 0.25) is 0 Å². The fraction of sp³-hybridized carbons (Fsp3) is 0.235. The van der Waals surface area contributed by atoms with Gasteiger partial charge in [0.15, 0.2) is 5.84 Å². The summed E-state index contributed by atoms with van der Waals surface area (Å²) in [5, 5.41) is 12.0. The molecule has 2 unspecified atom stereocenters. The lowest BCUT2D eigenvalue weighted by molar-refractivity contribution is 0.318. The molecule has 23 heavy (non-hydrogen) atoms. The molecule has 2 aromatic rings. The summed E-state index contributed by atoms with van der Waals surface area (Å²) in [6, 6.07) is 16.0. The Balaban J connectivity index is 1.75. The summed E-state index contributed by atoms with van der Waals surface area (Å²) in [6.45, 7) is 0. The van der Waals surface area contributed by atoms with Crippen LogP contribution in [0.4, 0.5) is 5.69 Å². The van der Waals surface area contributed by atoms with Gasteiger partial charge in [-0.15, -0.1) is 0 Å². The molecule has 5 N–H and O–H groups in total. The Morgan fingerprint density at radius 3 is 2.83 bits per heavy atom. The van der Waals surface area contributed by atoms with Crippen molar-refractivity contribution in [1.29, 1.82) is 0 Å². The van der Waals surface area contributed by atoms with E-state index in [1.54, 1.807) is 11.8 Å². The predicted octanol–water partition coefficient (Wildman–Crippen LogP) is 2.22. The Morgan fingerprint density at radius 2 is 2.09 bits per heavy atom. The minimum Gasteiger partial charge on any atom is -0.409 e. The van der Waals surface area contributed by atoms with Crippen LogP contribution in [0.3, 0.4) is 0 Å². The van der Waals surface area contributed by atoms with Gasteiger partial charge in [-0.2, -0.15) is 0 Å². The maximum absolute atomic E-state index is 8.80. The summed E-state index contributed by atoms with van der Waals surface area (Å²) < 4.78 is 0. The molecule has 0 saturated heterocycles. The Hall–Kier alpha value is -2.18. The molecule has 0 bridgehead atoms. The number of anilines is 1. The summed E-state index contributed by atoms with van der Waals surface area (Å²) in [4.78, 5) is 3.50. The number of nitrogens with two attached hydrogens (primary N) is 2. The topological polar surface area (TPSA) is 87.9 Å². The van der Waals surface area contributed by atoms with Gasteiger partial charge in [0.2, 0.25) is 0 Å². The van der Waals surface area contributed by atoms with E-state index in [4.69, 9.17) is 16.7 Å². The molecule has 1 heterocycles. The third-order valence-corrected chi connectivity index (χ3v) is 5.55. The number of likely N-dealkylation sites (N-methyl/N-ethyl adjacent to an activating group) is 1. The Morgan fingerprint density at radius 1 is 1.30 bits per heavy atom. The smallest absolute Gasteiger partial charge is 0.170 e. The Bertz CT molecular complexity index is 734. The summed E-state index contributed by atoms with van der Waals surface area (Å²) in [6.07, 6.45) is 0.725. The van der Waals surface area contributed by atoms with Gasteiger partial charge in [-0.05, 0) is 30.2 Å². The van der Waals surface area contributed by atoms with Crippen LogP contribution in [0.15, 0.2) is 58.6 Å². The maximum Gasteiger partial charge on any atom is 0.170 e. The molecule has 0 fully saturated rings. The van der Waals surface area contributed by atoms with E-state index in [2.05, 4.69) is 29.2 Å². The molecule has 0 aromatic heterocycles. The molecule has 0 spiro atoms. The van der Waals surface area contributed by atoms with Gasteiger partial charge in [-0.25, -0.2) is 0 Å². The number of fused-ring (bicyclic) bond motifs is 1. The molecule has 5 nitrogen and oxygen atoms in total. The average molecular weight is 328 g/mol. The second-order valence-electron chi connectivity index (χ2n) is 5.64. The molecular weight excluding hydrogens is 308 g/mol. The highest BCUT2D eigenvalue weighted by molar-refractivity contribution is 8.00. The van der Waals surface area contributed by atoms with Crippen LogP contribution >= 0.6 is 11.8 Å². The first kappa shape index (κ1) is 15.7. The van der Waals surface area contributed by atoms with Crippen molar-refractivity contribution in [3.63, 3.8) is 0 Å². The molecular formula is C17H20N4OS. The van der Waals surface area contributed by atoms with E-state index >= 15 is 0 Å². The number of hydrogen-bond donors (Lipinski definition) is 3. The molecule has 0 aliphatic carbocycles. The van der Waals surface area contributed by atoms with Gasteiger partial charge in [0.25, 0.3) is 0 Å². The molecule has 2 atom stereocenters. The normalized spacial score (nSPS) is 18.8. The number of nitrogens with zero attached hydrogens (tertiary/aromatic N) is 2. The molecule has 1 aliphatic heterocycles. The SMILES string of the molecule is CN1c2ccccc2SC1C(N)Cc1cccc(/C(N)=N\O)c1. The number of hydrogen-bond acceptors (Lipinski definition) is 5. The molecule has 0 saturated carbocycles. The van der Waals surface area contributed by atoms with Crippen molar-refractivity contribution in [1.82, 2.24) is 0 Å². The van der Waals surface area contributed by atoms with Crippen molar-refractivity contribution in [3.8, 4) is 0 Å². The molecule has 2 aromatic carbocycles. The van der Waals surface area contributed by atoms with E-state index in [0.29, 0.717) is 5.56 Å². The Kier molecular flexibility index (Phi) is 4.45. The zero-order valence-electron chi connectivity index (χ0n) is 12.9. The number of amidine groups is 1. The number of oxime groups is 1. The van der Waals surface area contributed by atoms with E-state index in [9.17, 15) is 0 Å². The van der Waals surface area contributed by atoms with Gasteiger partial charge in [0.1, 0.15) is 0 Å². The maximum atomic E-state index is 8.80. The van der Waals surface area contributed by atoms with Crippen LogP contribution < -0.4 is 16.4 Å². The molecule has 3 rings (SSSR count). The lowest BCUT2D eigenvalue weighted by Gasteiger charge is -2.27. The largest absolute Gasteiger partial charge is 0.409 e. The van der Waals surface area contributed by atoms with Gasteiger partial charge in [0, 0.05) is 23.5 Å². The number of para-hydroxylation sites is 1. The fourth-order valence-electron chi connectivity index (χ4n) is 2.86. The summed E-state index contributed by atoms with van der Waals surface area (Å²) in [5.41, 5.74) is 15.1. The van der Waals surface area contributed by atoms with Gasteiger partial charge < -0.3 is 21.6 Å². The van der Waals surface area contributed by atoms with Gasteiger partial charge in [-0.1, -0.05) is 47.2 Å². The van der Waals surface area contributed by atoms with Crippen LogP contribution in [0, 0.1) is 0 Å². The molecule has 0 radical (unpaired) electrons. The minimum absolute atomic E-state index is 0.0278. The van der Waals surface area contributed by atoms with Crippen molar-refractivity contribution < 1.29 is 5.21 Å².